The number of benzene rings is 1. The molecule has 1 aliphatic carbocycles. The lowest BCUT2D eigenvalue weighted by atomic mass is 9.94. The third kappa shape index (κ3) is 2.17. The average Bonchev–Trinajstić information content (AvgIpc) is 3.19. The summed E-state index contributed by atoms with van der Waals surface area (Å²) in [5.41, 5.74) is 3.14. The molecular formula is C19H21N3O. The smallest absolute Gasteiger partial charge is 0.166 e. The maximum Gasteiger partial charge on any atom is 0.166 e. The predicted octanol–water partition coefficient (Wildman–Crippen LogP) is 3.35. The highest BCUT2D eigenvalue weighted by atomic mass is 16.3. The number of pyridine rings is 1. The molecule has 0 radical (unpaired) electrons. The molecule has 2 aromatic heterocycles. The maximum absolute atomic E-state index is 10.4. The molecule has 0 amide bonds. The maximum atomic E-state index is 10.4. The number of fused-ring (bicyclic) bond motifs is 1. The lowest BCUT2D eigenvalue weighted by Crippen LogP contribution is -2.18. The number of nitrogens with zero attached hydrogens (tertiary/aromatic N) is 3. The molecule has 4 rings (SSSR count). The number of hydrogen-bond donors (Lipinski definition) is 1. The van der Waals surface area contributed by atoms with Gasteiger partial charge in [0, 0.05) is 11.8 Å². The highest BCUT2D eigenvalue weighted by molar-refractivity contribution is 5.53. The molecule has 1 aliphatic rings. The molecular weight excluding hydrogens is 290 g/mol. The number of hydrogen-bond acceptors (Lipinski definition) is 3. The summed E-state index contributed by atoms with van der Waals surface area (Å²) in [7, 11) is 0. The molecule has 0 atom stereocenters. The van der Waals surface area contributed by atoms with E-state index in [-0.39, 0.29) is 5.41 Å². The van der Waals surface area contributed by atoms with E-state index in [4.69, 9.17) is 0 Å². The van der Waals surface area contributed by atoms with E-state index in [1.807, 2.05) is 22.7 Å². The summed E-state index contributed by atoms with van der Waals surface area (Å²) in [6, 6.07) is 12.6. The van der Waals surface area contributed by atoms with Crippen molar-refractivity contribution < 1.29 is 5.11 Å². The van der Waals surface area contributed by atoms with Gasteiger partial charge in [0.25, 0.3) is 0 Å². The van der Waals surface area contributed by atoms with Crippen LogP contribution in [0.25, 0.3) is 5.65 Å². The number of aromatic nitrogens is 3. The molecule has 1 aromatic carbocycles. The van der Waals surface area contributed by atoms with Gasteiger partial charge in [-0.3, -0.25) is 4.40 Å². The first-order chi connectivity index (χ1) is 10.9. The standard InChI is InChI=1S/C19H21N3O/c1-13-6-8-14(9-7-13)19(10-11-19)17-21-20-16-15(18(2,3)23)5-4-12-22(16)17/h4-9,12,23H,10-11H2,1-3H3/i2+2,3+2. The molecule has 0 aliphatic heterocycles. The molecule has 1 fully saturated rings. The third-order valence-corrected chi connectivity index (χ3v) is 4.88. The normalized spacial score (nSPS) is 16.7. The zero-order valence-electron chi connectivity index (χ0n) is 13.7. The highest BCUT2D eigenvalue weighted by Crippen LogP contribution is 2.52. The van der Waals surface area contributed by atoms with Crippen LogP contribution in [0.4, 0.5) is 0 Å². The number of aryl methyl sites for hydroxylation is 1. The van der Waals surface area contributed by atoms with Crippen LogP contribution in [0.5, 0.6) is 0 Å². The minimum Gasteiger partial charge on any atom is -0.386 e. The van der Waals surface area contributed by atoms with Gasteiger partial charge in [-0.2, -0.15) is 0 Å². The molecule has 1 N–H and O–H groups in total. The van der Waals surface area contributed by atoms with Crippen molar-refractivity contribution in [3.8, 4) is 0 Å². The Labute approximate surface area is 135 Å². The van der Waals surface area contributed by atoms with E-state index >= 15 is 0 Å². The fourth-order valence-corrected chi connectivity index (χ4v) is 3.36. The molecule has 3 aromatic rings. The van der Waals surface area contributed by atoms with Crippen LogP contribution in [0.1, 0.15) is 49.2 Å². The molecule has 4 heteroatoms. The van der Waals surface area contributed by atoms with Gasteiger partial charge in [0.05, 0.1) is 11.0 Å². The van der Waals surface area contributed by atoms with Crippen molar-refractivity contribution in [1.29, 1.82) is 0 Å². The Morgan fingerprint density at radius 1 is 1.13 bits per heavy atom. The summed E-state index contributed by atoms with van der Waals surface area (Å²) in [6.07, 6.45) is 4.17. The monoisotopic (exact) mass is 311 g/mol. The molecule has 4 nitrogen and oxygen atoms in total. The van der Waals surface area contributed by atoms with Crippen molar-refractivity contribution in [3.63, 3.8) is 0 Å². The fourth-order valence-electron chi connectivity index (χ4n) is 3.36. The molecule has 2 heterocycles. The minimum absolute atomic E-state index is 0.0364. The van der Waals surface area contributed by atoms with E-state index in [0.717, 1.165) is 29.9 Å². The Bertz CT molecular complexity index is 868. The Morgan fingerprint density at radius 3 is 2.43 bits per heavy atom. The van der Waals surface area contributed by atoms with E-state index in [2.05, 4.69) is 41.4 Å². The molecule has 1 saturated carbocycles. The Morgan fingerprint density at radius 2 is 1.83 bits per heavy atom. The summed E-state index contributed by atoms with van der Waals surface area (Å²) < 4.78 is 2.04. The molecule has 0 unspecified atom stereocenters. The summed E-state index contributed by atoms with van der Waals surface area (Å²) in [4.78, 5) is 0. The van der Waals surface area contributed by atoms with Crippen molar-refractivity contribution in [2.24, 2.45) is 0 Å². The van der Waals surface area contributed by atoms with Crippen LogP contribution >= 0.6 is 0 Å². The van der Waals surface area contributed by atoms with Gasteiger partial charge in [-0.25, -0.2) is 0 Å². The van der Waals surface area contributed by atoms with Gasteiger partial charge >= 0.3 is 0 Å². The summed E-state index contributed by atoms with van der Waals surface area (Å²) in [6.45, 7) is 5.67. The second-order valence-electron chi connectivity index (χ2n) is 7.15. The quantitative estimate of drug-likeness (QED) is 0.807. The van der Waals surface area contributed by atoms with Crippen LogP contribution < -0.4 is 0 Å². The van der Waals surface area contributed by atoms with Gasteiger partial charge in [-0.15, -0.1) is 10.2 Å². The molecule has 0 saturated heterocycles. The first kappa shape index (κ1) is 14.4. The van der Waals surface area contributed by atoms with Crippen LogP contribution in [-0.4, -0.2) is 19.7 Å². The van der Waals surface area contributed by atoms with Crippen LogP contribution in [0.3, 0.4) is 0 Å². The largest absolute Gasteiger partial charge is 0.386 e. The predicted molar refractivity (Wildman–Crippen MR) is 89.4 cm³/mol. The van der Waals surface area contributed by atoms with Gasteiger partial charge < -0.3 is 5.11 Å². The third-order valence-electron chi connectivity index (χ3n) is 4.88. The van der Waals surface area contributed by atoms with Crippen LogP contribution in [0.15, 0.2) is 42.6 Å². The van der Waals surface area contributed by atoms with E-state index in [0.29, 0.717) is 0 Å². The van der Waals surface area contributed by atoms with E-state index in [9.17, 15) is 5.11 Å². The Kier molecular flexibility index (Phi) is 2.91. The van der Waals surface area contributed by atoms with E-state index < -0.39 is 5.60 Å². The Hall–Kier alpha value is -2.20. The topological polar surface area (TPSA) is 50.4 Å². The van der Waals surface area contributed by atoms with E-state index in [1.54, 1.807) is 13.8 Å². The van der Waals surface area contributed by atoms with Crippen molar-refractivity contribution in [2.75, 3.05) is 0 Å². The van der Waals surface area contributed by atoms with Gasteiger partial charge in [-0.05, 0) is 45.2 Å². The first-order valence-electron chi connectivity index (χ1n) is 8.06. The van der Waals surface area contributed by atoms with Crippen LogP contribution in [0, 0.1) is 6.92 Å². The van der Waals surface area contributed by atoms with Gasteiger partial charge in [0.1, 0.15) is 5.82 Å². The summed E-state index contributed by atoms with van der Waals surface area (Å²) in [5, 5.41) is 19.3. The molecule has 23 heavy (non-hydrogen) atoms. The number of rotatable bonds is 3. The Balaban J connectivity index is 1.89. The van der Waals surface area contributed by atoms with Crippen LogP contribution in [-0.2, 0) is 11.0 Å². The SMILES string of the molecule is Cc1ccc(C2(c3nnc4c(C([14CH3])([14CH3])O)cccn34)CC2)cc1. The zero-order chi connectivity index (χ0) is 16.2. The fraction of sp³-hybridized carbons (Fsp3) is 0.368. The first-order valence-corrected chi connectivity index (χ1v) is 8.06. The summed E-state index contributed by atoms with van der Waals surface area (Å²) in [5.74, 6) is 0.974. The van der Waals surface area contributed by atoms with Crippen molar-refractivity contribution >= 4 is 5.65 Å². The number of aliphatic hydroxyl groups is 1. The van der Waals surface area contributed by atoms with Crippen LogP contribution in [0.2, 0.25) is 0 Å². The van der Waals surface area contributed by atoms with E-state index in [1.165, 1.54) is 11.1 Å². The minimum atomic E-state index is -0.937. The van der Waals surface area contributed by atoms with Gasteiger partial charge in [-0.1, -0.05) is 35.9 Å². The zero-order valence-corrected chi connectivity index (χ0v) is 13.7. The lowest BCUT2D eigenvalue weighted by molar-refractivity contribution is 0.0796. The average molecular weight is 311 g/mol. The van der Waals surface area contributed by atoms with Crippen molar-refractivity contribution in [1.82, 2.24) is 14.6 Å². The van der Waals surface area contributed by atoms with Gasteiger partial charge in [0.15, 0.2) is 5.65 Å². The second kappa shape index (κ2) is 4.65. The summed E-state index contributed by atoms with van der Waals surface area (Å²) >= 11 is 0. The molecule has 0 bridgehead atoms. The molecule has 0 spiro atoms. The van der Waals surface area contributed by atoms with Crippen molar-refractivity contribution in [3.05, 3.63) is 65.1 Å². The lowest BCUT2D eigenvalue weighted by Gasteiger charge is -2.19. The molecule has 118 valence electrons. The van der Waals surface area contributed by atoms with Gasteiger partial charge in [0.2, 0.25) is 0 Å². The highest BCUT2D eigenvalue weighted by Gasteiger charge is 2.49. The van der Waals surface area contributed by atoms with Crippen molar-refractivity contribution in [2.45, 2.75) is 44.6 Å². The second-order valence-corrected chi connectivity index (χ2v) is 7.15.